The standard InChI is InChI=1S/C17H23FN4O/c1-2-11-22(15-7-9-19-10-8-15)12-16-20-17(21-23-16)13-3-5-14(18)6-4-13/h3-6,15,19H,2,7-12H2,1H3. The van der Waals surface area contributed by atoms with Gasteiger partial charge in [-0.3, -0.25) is 4.90 Å². The Morgan fingerprint density at radius 3 is 2.70 bits per heavy atom. The predicted octanol–water partition coefficient (Wildman–Crippen LogP) is 2.84. The normalized spacial score (nSPS) is 16.1. The summed E-state index contributed by atoms with van der Waals surface area (Å²) in [5.41, 5.74) is 0.769. The molecule has 1 aromatic heterocycles. The summed E-state index contributed by atoms with van der Waals surface area (Å²) in [6.45, 7) is 6.02. The Labute approximate surface area is 135 Å². The molecule has 1 aromatic carbocycles. The average molecular weight is 318 g/mol. The molecule has 0 spiro atoms. The van der Waals surface area contributed by atoms with Crippen molar-refractivity contribution < 1.29 is 8.91 Å². The van der Waals surface area contributed by atoms with Crippen LogP contribution in [-0.4, -0.2) is 40.7 Å². The maximum absolute atomic E-state index is 13.0. The molecule has 1 N–H and O–H groups in total. The highest BCUT2D eigenvalue weighted by molar-refractivity contribution is 5.53. The van der Waals surface area contributed by atoms with Crippen LogP contribution in [-0.2, 0) is 6.54 Å². The van der Waals surface area contributed by atoms with Crippen molar-refractivity contribution in [2.75, 3.05) is 19.6 Å². The fourth-order valence-corrected chi connectivity index (χ4v) is 3.06. The second kappa shape index (κ2) is 7.66. The Morgan fingerprint density at radius 2 is 2.00 bits per heavy atom. The number of halogens is 1. The van der Waals surface area contributed by atoms with Gasteiger partial charge in [-0.15, -0.1) is 0 Å². The van der Waals surface area contributed by atoms with E-state index in [9.17, 15) is 4.39 Å². The molecule has 3 rings (SSSR count). The third kappa shape index (κ3) is 4.14. The van der Waals surface area contributed by atoms with E-state index in [1.165, 1.54) is 12.1 Å². The van der Waals surface area contributed by atoms with Crippen molar-refractivity contribution in [2.24, 2.45) is 0 Å². The summed E-state index contributed by atoms with van der Waals surface area (Å²) in [6.07, 6.45) is 3.40. The van der Waals surface area contributed by atoms with Crippen LogP contribution in [0.5, 0.6) is 0 Å². The smallest absolute Gasteiger partial charge is 0.241 e. The van der Waals surface area contributed by atoms with Crippen LogP contribution in [0.25, 0.3) is 11.4 Å². The summed E-state index contributed by atoms with van der Waals surface area (Å²) in [6, 6.07) is 6.71. The van der Waals surface area contributed by atoms with Crippen molar-refractivity contribution >= 4 is 0 Å². The molecule has 5 nitrogen and oxygen atoms in total. The number of aromatic nitrogens is 2. The first kappa shape index (κ1) is 16.1. The number of hydrogen-bond acceptors (Lipinski definition) is 5. The minimum atomic E-state index is -0.266. The van der Waals surface area contributed by atoms with Crippen LogP contribution < -0.4 is 5.32 Å². The maximum atomic E-state index is 13.0. The van der Waals surface area contributed by atoms with Gasteiger partial charge < -0.3 is 9.84 Å². The van der Waals surface area contributed by atoms with E-state index in [2.05, 4.69) is 27.3 Å². The van der Waals surface area contributed by atoms with Crippen LogP contribution >= 0.6 is 0 Å². The number of nitrogens with zero attached hydrogens (tertiary/aromatic N) is 3. The zero-order valence-electron chi connectivity index (χ0n) is 13.5. The largest absolute Gasteiger partial charge is 0.338 e. The van der Waals surface area contributed by atoms with Crippen molar-refractivity contribution in [1.82, 2.24) is 20.4 Å². The van der Waals surface area contributed by atoms with Crippen molar-refractivity contribution in [1.29, 1.82) is 0 Å². The molecule has 2 aromatic rings. The third-order valence-corrected chi connectivity index (χ3v) is 4.24. The van der Waals surface area contributed by atoms with Crippen LogP contribution in [0.4, 0.5) is 4.39 Å². The second-order valence-electron chi connectivity index (χ2n) is 5.97. The highest BCUT2D eigenvalue weighted by Crippen LogP contribution is 2.19. The number of hydrogen-bond donors (Lipinski definition) is 1. The molecule has 0 bridgehead atoms. The SMILES string of the molecule is CCCN(Cc1nc(-c2ccc(F)cc2)no1)C1CCNCC1. The topological polar surface area (TPSA) is 54.2 Å². The molecular weight excluding hydrogens is 295 g/mol. The molecule has 1 saturated heterocycles. The molecule has 124 valence electrons. The molecule has 2 heterocycles. The van der Waals surface area contributed by atoms with Crippen LogP contribution in [0.15, 0.2) is 28.8 Å². The van der Waals surface area contributed by atoms with Crippen molar-refractivity contribution in [3.8, 4) is 11.4 Å². The fourth-order valence-electron chi connectivity index (χ4n) is 3.06. The Morgan fingerprint density at radius 1 is 1.26 bits per heavy atom. The van der Waals surface area contributed by atoms with E-state index in [0.29, 0.717) is 24.3 Å². The van der Waals surface area contributed by atoms with Gasteiger partial charge in [0.05, 0.1) is 6.54 Å². The molecular formula is C17H23FN4O. The first-order chi connectivity index (χ1) is 11.3. The zero-order chi connectivity index (χ0) is 16.1. The molecule has 0 unspecified atom stereocenters. The molecule has 0 radical (unpaired) electrons. The molecule has 0 aliphatic carbocycles. The highest BCUT2D eigenvalue weighted by atomic mass is 19.1. The van der Waals surface area contributed by atoms with Gasteiger partial charge in [0, 0.05) is 11.6 Å². The number of piperidine rings is 1. The predicted molar refractivity (Wildman–Crippen MR) is 86.3 cm³/mol. The number of rotatable bonds is 6. The summed E-state index contributed by atoms with van der Waals surface area (Å²) in [5, 5.41) is 7.42. The lowest BCUT2D eigenvalue weighted by Gasteiger charge is -2.33. The summed E-state index contributed by atoms with van der Waals surface area (Å²) in [4.78, 5) is 6.90. The highest BCUT2D eigenvalue weighted by Gasteiger charge is 2.22. The molecule has 1 aliphatic heterocycles. The van der Waals surface area contributed by atoms with Crippen molar-refractivity contribution in [3.63, 3.8) is 0 Å². The summed E-state index contributed by atoms with van der Waals surface area (Å²) >= 11 is 0. The first-order valence-corrected chi connectivity index (χ1v) is 8.29. The lowest BCUT2D eigenvalue weighted by Crippen LogP contribution is -2.43. The van der Waals surface area contributed by atoms with Crippen LogP contribution in [0.2, 0.25) is 0 Å². The third-order valence-electron chi connectivity index (χ3n) is 4.24. The zero-order valence-corrected chi connectivity index (χ0v) is 13.5. The van der Waals surface area contributed by atoms with Gasteiger partial charge in [0.25, 0.3) is 0 Å². The Bertz CT molecular complexity index is 607. The van der Waals surface area contributed by atoms with E-state index in [0.717, 1.165) is 44.5 Å². The molecule has 1 aliphatic rings. The van der Waals surface area contributed by atoms with Crippen LogP contribution in [0.3, 0.4) is 0 Å². The van der Waals surface area contributed by atoms with E-state index >= 15 is 0 Å². The van der Waals surface area contributed by atoms with Gasteiger partial charge >= 0.3 is 0 Å². The number of nitrogens with one attached hydrogen (secondary N) is 1. The van der Waals surface area contributed by atoms with Gasteiger partial charge in [0.2, 0.25) is 11.7 Å². The van der Waals surface area contributed by atoms with E-state index in [-0.39, 0.29) is 5.82 Å². The Balaban J connectivity index is 1.69. The molecule has 1 fully saturated rings. The van der Waals surface area contributed by atoms with Crippen LogP contribution in [0, 0.1) is 5.82 Å². The van der Waals surface area contributed by atoms with Gasteiger partial charge in [0.15, 0.2) is 0 Å². The molecule has 0 atom stereocenters. The molecule has 0 saturated carbocycles. The van der Waals surface area contributed by atoms with Crippen molar-refractivity contribution in [2.45, 2.75) is 38.8 Å². The molecule has 0 amide bonds. The lowest BCUT2D eigenvalue weighted by atomic mass is 10.0. The van der Waals surface area contributed by atoms with Crippen molar-refractivity contribution in [3.05, 3.63) is 36.0 Å². The van der Waals surface area contributed by atoms with Gasteiger partial charge in [-0.1, -0.05) is 12.1 Å². The van der Waals surface area contributed by atoms with Gasteiger partial charge in [-0.2, -0.15) is 4.98 Å². The quantitative estimate of drug-likeness (QED) is 0.887. The number of benzene rings is 1. The van der Waals surface area contributed by atoms with Gasteiger partial charge in [-0.25, -0.2) is 4.39 Å². The van der Waals surface area contributed by atoms with E-state index < -0.39 is 0 Å². The van der Waals surface area contributed by atoms with E-state index in [1.54, 1.807) is 12.1 Å². The van der Waals surface area contributed by atoms with E-state index in [4.69, 9.17) is 4.52 Å². The minimum Gasteiger partial charge on any atom is -0.338 e. The second-order valence-corrected chi connectivity index (χ2v) is 5.97. The minimum absolute atomic E-state index is 0.266. The Kier molecular flexibility index (Phi) is 5.35. The Hall–Kier alpha value is -1.79. The fraction of sp³-hybridized carbons (Fsp3) is 0.529. The summed E-state index contributed by atoms with van der Waals surface area (Å²) in [7, 11) is 0. The van der Waals surface area contributed by atoms with E-state index in [1.807, 2.05) is 0 Å². The molecule has 6 heteroatoms. The first-order valence-electron chi connectivity index (χ1n) is 8.29. The summed E-state index contributed by atoms with van der Waals surface area (Å²) < 4.78 is 18.4. The van der Waals surface area contributed by atoms with Gasteiger partial charge in [0.1, 0.15) is 5.82 Å². The van der Waals surface area contributed by atoms with Crippen LogP contribution in [0.1, 0.15) is 32.1 Å². The lowest BCUT2D eigenvalue weighted by molar-refractivity contribution is 0.137. The monoisotopic (exact) mass is 318 g/mol. The van der Waals surface area contributed by atoms with Gasteiger partial charge in [-0.05, 0) is 63.2 Å². The average Bonchev–Trinajstić information content (AvgIpc) is 3.04. The maximum Gasteiger partial charge on any atom is 0.241 e. The summed E-state index contributed by atoms with van der Waals surface area (Å²) in [5.74, 6) is 0.871. The molecule has 23 heavy (non-hydrogen) atoms.